The Kier molecular flexibility index (Phi) is 7.20. The molecule has 1 unspecified atom stereocenters. The van der Waals surface area contributed by atoms with Crippen molar-refractivity contribution in [2.75, 3.05) is 27.3 Å². The molecule has 1 rings (SSSR count). The molecule has 0 saturated carbocycles. The zero-order valence-electron chi connectivity index (χ0n) is 13.6. The first-order valence-corrected chi connectivity index (χ1v) is 7.26. The normalized spacial score (nSPS) is 11.8. The maximum absolute atomic E-state index is 12.0. The topological polar surface area (TPSA) is 120 Å². The number of methoxy groups -OCH3 is 1. The van der Waals surface area contributed by atoms with Crippen LogP contribution in [0.3, 0.4) is 0 Å². The fourth-order valence-corrected chi connectivity index (χ4v) is 2.00. The van der Waals surface area contributed by atoms with Crippen LogP contribution in [-0.4, -0.2) is 65.8 Å². The number of carbonyl (C=O) groups excluding carboxylic acids is 3. The summed E-state index contributed by atoms with van der Waals surface area (Å²) in [6, 6.07) is 0.866. The molecule has 0 aliphatic carbocycles. The Morgan fingerprint density at radius 3 is 2.74 bits per heavy atom. The van der Waals surface area contributed by atoms with Crippen molar-refractivity contribution < 1.29 is 19.1 Å². The Hall–Kier alpha value is -2.42. The third kappa shape index (κ3) is 5.37. The average Bonchev–Trinajstić information content (AvgIpc) is 2.99. The molecule has 1 aromatic heterocycles. The van der Waals surface area contributed by atoms with Gasteiger partial charge in [0, 0.05) is 20.4 Å². The van der Waals surface area contributed by atoms with Gasteiger partial charge in [-0.2, -0.15) is 5.10 Å². The number of aromatic nitrogens is 2. The van der Waals surface area contributed by atoms with Gasteiger partial charge in [0.25, 0.3) is 5.91 Å². The van der Waals surface area contributed by atoms with Crippen molar-refractivity contribution in [1.29, 1.82) is 0 Å². The molecule has 3 amide bonds. The van der Waals surface area contributed by atoms with Gasteiger partial charge in [-0.15, -0.1) is 0 Å². The van der Waals surface area contributed by atoms with Crippen LogP contribution in [0.25, 0.3) is 0 Å². The van der Waals surface area contributed by atoms with Crippen LogP contribution in [0.5, 0.6) is 0 Å². The van der Waals surface area contributed by atoms with Crippen molar-refractivity contribution in [3.8, 4) is 0 Å². The van der Waals surface area contributed by atoms with E-state index in [-0.39, 0.29) is 12.2 Å². The number of carbonyl (C=O) groups is 3. The number of nitrogens with one attached hydrogen (secondary N) is 1. The number of likely N-dealkylation sites (N-methyl/N-ethyl adjacent to an activating group) is 1. The molecule has 0 aliphatic rings. The fraction of sp³-hybridized carbons (Fsp3) is 0.571. The maximum atomic E-state index is 12.0. The first kappa shape index (κ1) is 18.6. The van der Waals surface area contributed by atoms with Gasteiger partial charge in [0.05, 0.1) is 19.7 Å². The molecule has 0 fully saturated rings. The van der Waals surface area contributed by atoms with Crippen molar-refractivity contribution in [2.45, 2.75) is 25.9 Å². The first-order chi connectivity index (χ1) is 10.9. The summed E-state index contributed by atoms with van der Waals surface area (Å²) in [5.41, 5.74) is 5.44. The number of hydrogen-bond acceptors (Lipinski definition) is 5. The lowest BCUT2D eigenvalue weighted by atomic mass is 10.2. The molecule has 3 N–H and O–H groups in total. The molecule has 0 spiro atoms. The molecular weight excluding hydrogens is 302 g/mol. The Morgan fingerprint density at radius 1 is 1.48 bits per heavy atom. The monoisotopic (exact) mass is 325 g/mol. The van der Waals surface area contributed by atoms with E-state index < -0.39 is 23.8 Å². The van der Waals surface area contributed by atoms with Gasteiger partial charge in [0.1, 0.15) is 11.7 Å². The number of rotatable bonds is 9. The second-order valence-electron chi connectivity index (χ2n) is 4.97. The van der Waals surface area contributed by atoms with Gasteiger partial charge in [0.2, 0.25) is 11.8 Å². The molecule has 23 heavy (non-hydrogen) atoms. The Balaban J connectivity index is 2.53. The van der Waals surface area contributed by atoms with Crippen LogP contribution >= 0.6 is 0 Å². The van der Waals surface area contributed by atoms with Crippen molar-refractivity contribution in [3.63, 3.8) is 0 Å². The zero-order valence-corrected chi connectivity index (χ0v) is 13.6. The Morgan fingerprint density at radius 2 is 2.17 bits per heavy atom. The lowest BCUT2D eigenvalue weighted by molar-refractivity contribution is -0.137. The largest absolute Gasteiger partial charge is 0.383 e. The predicted molar refractivity (Wildman–Crippen MR) is 82.5 cm³/mol. The molecule has 0 bridgehead atoms. The lowest BCUT2D eigenvalue weighted by Crippen LogP contribution is -2.48. The quantitative estimate of drug-likeness (QED) is 0.602. The van der Waals surface area contributed by atoms with E-state index in [4.69, 9.17) is 10.5 Å². The van der Waals surface area contributed by atoms with Crippen LogP contribution < -0.4 is 11.1 Å². The predicted octanol–water partition coefficient (Wildman–Crippen LogP) is -1.02. The van der Waals surface area contributed by atoms with Crippen molar-refractivity contribution in [3.05, 3.63) is 18.0 Å². The van der Waals surface area contributed by atoms with E-state index in [1.807, 2.05) is 0 Å². The summed E-state index contributed by atoms with van der Waals surface area (Å²) in [6.45, 7) is 2.54. The molecule has 1 heterocycles. The highest BCUT2D eigenvalue weighted by molar-refractivity contribution is 5.95. The van der Waals surface area contributed by atoms with Gasteiger partial charge < -0.3 is 20.7 Å². The van der Waals surface area contributed by atoms with Gasteiger partial charge in [-0.3, -0.25) is 19.1 Å². The van der Waals surface area contributed by atoms with Crippen LogP contribution in [-0.2, 0) is 20.9 Å². The third-order valence-corrected chi connectivity index (χ3v) is 3.37. The van der Waals surface area contributed by atoms with Crippen molar-refractivity contribution >= 4 is 17.7 Å². The highest BCUT2D eigenvalue weighted by Gasteiger charge is 2.23. The molecular formula is C14H23N5O4. The second-order valence-corrected chi connectivity index (χ2v) is 4.97. The van der Waals surface area contributed by atoms with Gasteiger partial charge in [-0.1, -0.05) is 6.92 Å². The van der Waals surface area contributed by atoms with E-state index in [2.05, 4.69) is 10.4 Å². The van der Waals surface area contributed by atoms with Gasteiger partial charge in [-0.05, 0) is 12.5 Å². The highest BCUT2D eigenvalue weighted by Crippen LogP contribution is 2.01. The molecule has 9 heteroatoms. The van der Waals surface area contributed by atoms with Crippen LogP contribution in [0.2, 0.25) is 0 Å². The summed E-state index contributed by atoms with van der Waals surface area (Å²) < 4.78 is 6.50. The maximum Gasteiger partial charge on any atom is 0.272 e. The summed E-state index contributed by atoms with van der Waals surface area (Å²) in [7, 11) is 3.06. The molecule has 1 aromatic rings. The SMILES string of the molecule is CCC(C(N)=O)N(C)C(=O)CNC(=O)c1ccn(CCOC)n1. The standard InChI is InChI=1S/C14H23N5O4/c1-4-11(13(15)21)18(2)12(20)9-16-14(22)10-5-6-19(17-10)7-8-23-3/h5-6,11H,4,7-9H2,1-3H3,(H2,15,21)(H,16,22). The lowest BCUT2D eigenvalue weighted by Gasteiger charge is -2.24. The zero-order chi connectivity index (χ0) is 17.4. The van der Waals surface area contributed by atoms with Crippen molar-refractivity contribution in [1.82, 2.24) is 20.0 Å². The summed E-state index contributed by atoms with van der Waals surface area (Å²) >= 11 is 0. The summed E-state index contributed by atoms with van der Waals surface area (Å²) in [5, 5.41) is 6.55. The number of ether oxygens (including phenoxy) is 1. The van der Waals surface area contributed by atoms with Gasteiger partial charge in [-0.25, -0.2) is 0 Å². The van der Waals surface area contributed by atoms with Crippen LogP contribution in [0.1, 0.15) is 23.8 Å². The molecule has 9 nitrogen and oxygen atoms in total. The minimum atomic E-state index is -0.687. The smallest absolute Gasteiger partial charge is 0.272 e. The van der Waals surface area contributed by atoms with E-state index in [0.717, 1.165) is 0 Å². The molecule has 0 aromatic carbocycles. The fourth-order valence-electron chi connectivity index (χ4n) is 2.00. The number of nitrogens with two attached hydrogens (primary N) is 1. The summed E-state index contributed by atoms with van der Waals surface area (Å²) in [4.78, 5) is 36.4. The van der Waals surface area contributed by atoms with E-state index in [0.29, 0.717) is 19.6 Å². The minimum Gasteiger partial charge on any atom is -0.383 e. The highest BCUT2D eigenvalue weighted by atomic mass is 16.5. The molecule has 128 valence electrons. The third-order valence-electron chi connectivity index (χ3n) is 3.37. The molecule has 0 aliphatic heterocycles. The van der Waals surface area contributed by atoms with E-state index in [1.54, 1.807) is 31.0 Å². The Labute approximate surface area is 134 Å². The van der Waals surface area contributed by atoms with E-state index in [1.165, 1.54) is 11.9 Å². The van der Waals surface area contributed by atoms with E-state index in [9.17, 15) is 14.4 Å². The van der Waals surface area contributed by atoms with Gasteiger partial charge in [0.15, 0.2) is 0 Å². The Bertz CT molecular complexity index is 557. The van der Waals surface area contributed by atoms with Crippen molar-refractivity contribution in [2.24, 2.45) is 5.73 Å². The average molecular weight is 325 g/mol. The summed E-state index contributed by atoms with van der Waals surface area (Å²) in [6.07, 6.45) is 2.07. The number of nitrogens with zero attached hydrogens (tertiary/aromatic N) is 3. The van der Waals surface area contributed by atoms with Crippen LogP contribution in [0.15, 0.2) is 12.3 Å². The van der Waals surface area contributed by atoms with Gasteiger partial charge >= 0.3 is 0 Å². The second kappa shape index (κ2) is 8.89. The van der Waals surface area contributed by atoms with E-state index >= 15 is 0 Å². The molecule has 1 atom stereocenters. The minimum absolute atomic E-state index is 0.207. The molecule has 0 radical (unpaired) electrons. The number of amides is 3. The number of primary amides is 1. The number of hydrogen-bond donors (Lipinski definition) is 2. The summed E-state index contributed by atoms with van der Waals surface area (Å²) in [5.74, 6) is -1.44. The van der Waals surface area contributed by atoms with Crippen LogP contribution in [0, 0.1) is 0 Å². The molecule has 0 saturated heterocycles. The van der Waals surface area contributed by atoms with Crippen LogP contribution in [0.4, 0.5) is 0 Å². The first-order valence-electron chi connectivity index (χ1n) is 7.26.